The molecule has 0 aliphatic heterocycles. The first-order valence-electron chi connectivity index (χ1n) is 7.69. The molecule has 1 aromatic heterocycles. The molecule has 0 fully saturated rings. The minimum absolute atomic E-state index is 0.280. The molecular weight excluding hydrogens is 288 g/mol. The van der Waals surface area contributed by atoms with E-state index in [1.807, 2.05) is 12.1 Å². The van der Waals surface area contributed by atoms with Crippen LogP contribution < -0.4 is 10.9 Å². The van der Waals surface area contributed by atoms with Gasteiger partial charge in [-0.1, -0.05) is 38.6 Å². The zero-order chi connectivity index (χ0) is 16.8. The fourth-order valence-electron chi connectivity index (χ4n) is 2.29. The third-order valence-corrected chi connectivity index (χ3v) is 3.93. The van der Waals surface area contributed by atoms with Gasteiger partial charge in [0.2, 0.25) is 0 Å². The highest BCUT2D eigenvalue weighted by Crippen LogP contribution is 2.20. The lowest BCUT2D eigenvalue weighted by Gasteiger charge is -2.11. The van der Waals surface area contributed by atoms with E-state index in [4.69, 9.17) is 5.41 Å². The van der Waals surface area contributed by atoms with Crippen LogP contribution in [0.25, 0.3) is 6.08 Å². The van der Waals surface area contributed by atoms with Crippen molar-refractivity contribution in [3.63, 3.8) is 0 Å². The highest BCUT2D eigenvalue weighted by Gasteiger charge is 2.07. The lowest BCUT2D eigenvalue weighted by atomic mass is 9.99. The molecule has 2 aromatic rings. The average Bonchev–Trinajstić information content (AvgIpc) is 2.59. The van der Waals surface area contributed by atoms with Crippen LogP contribution in [-0.2, 0) is 6.54 Å². The maximum atomic E-state index is 11.9. The number of aromatic nitrogens is 2. The van der Waals surface area contributed by atoms with Gasteiger partial charge in [-0.2, -0.15) is 0 Å². The molecule has 0 amide bonds. The van der Waals surface area contributed by atoms with Gasteiger partial charge in [0.05, 0.1) is 17.8 Å². The summed E-state index contributed by atoms with van der Waals surface area (Å²) in [7, 11) is 0. The van der Waals surface area contributed by atoms with Crippen molar-refractivity contribution in [1.29, 1.82) is 5.41 Å². The zero-order valence-electron chi connectivity index (χ0n) is 13.5. The summed E-state index contributed by atoms with van der Waals surface area (Å²) >= 11 is 0. The Morgan fingerprint density at radius 3 is 2.65 bits per heavy atom. The summed E-state index contributed by atoms with van der Waals surface area (Å²) in [6.07, 6.45) is 3.59. The second-order valence-electron chi connectivity index (χ2n) is 5.44. The summed E-state index contributed by atoms with van der Waals surface area (Å²) in [6, 6.07) is 8.26. The van der Waals surface area contributed by atoms with Gasteiger partial charge in [-0.25, -0.2) is 4.98 Å². The number of benzene rings is 1. The molecule has 3 N–H and O–H groups in total. The van der Waals surface area contributed by atoms with Crippen LogP contribution in [0.1, 0.15) is 48.8 Å². The molecule has 1 unspecified atom stereocenters. The van der Waals surface area contributed by atoms with E-state index in [-0.39, 0.29) is 5.56 Å². The molecule has 23 heavy (non-hydrogen) atoms. The van der Waals surface area contributed by atoms with Crippen LogP contribution in [0.2, 0.25) is 0 Å². The van der Waals surface area contributed by atoms with Gasteiger partial charge in [0, 0.05) is 11.9 Å². The third kappa shape index (κ3) is 3.94. The minimum atomic E-state index is -0.280. The summed E-state index contributed by atoms with van der Waals surface area (Å²) in [5.41, 5.74) is 2.64. The second-order valence-corrected chi connectivity index (χ2v) is 5.44. The van der Waals surface area contributed by atoms with Gasteiger partial charge in [0.15, 0.2) is 0 Å². The molecule has 5 nitrogen and oxygen atoms in total. The summed E-state index contributed by atoms with van der Waals surface area (Å²) in [6.45, 7) is 8.34. The van der Waals surface area contributed by atoms with E-state index in [0.717, 1.165) is 18.3 Å². The summed E-state index contributed by atoms with van der Waals surface area (Å²) in [5, 5.41) is 10.6. The molecule has 0 radical (unpaired) electrons. The van der Waals surface area contributed by atoms with E-state index < -0.39 is 0 Å². The fourth-order valence-corrected chi connectivity index (χ4v) is 2.29. The lowest BCUT2D eigenvalue weighted by Crippen LogP contribution is -2.19. The van der Waals surface area contributed by atoms with Crippen LogP contribution in [0.5, 0.6) is 0 Å². The molecule has 0 saturated carbocycles. The number of hydrogen-bond acceptors (Lipinski definition) is 4. The van der Waals surface area contributed by atoms with Crippen molar-refractivity contribution in [2.24, 2.45) is 0 Å². The highest BCUT2D eigenvalue weighted by atomic mass is 16.1. The molecule has 0 spiro atoms. The van der Waals surface area contributed by atoms with Gasteiger partial charge < -0.3 is 15.7 Å². The first kappa shape index (κ1) is 16.7. The molecule has 0 saturated heterocycles. The van der Waals surface area contributed by atoms with Gasteiger partial charge in [-0.15, -0.1) is 0 Å². The van der Waals surface area contributed by atoms with E-state index in [1.54, 1.807) is 0 Å². The number of aromatic amines is 1. The zero-order valence-corrected chi connectivity index (χ0v) is 13.5. The first-order valence-corrected chi connectivity index (χ1v) is 7.69. The Kier molecular flexibility index (Phi) is 5.46. The number of nitrogens with zero attached hydrogens (tertiary/aromatic N) is 1. The number of H-pyrrole nitrogens is 1. The standard InChI is InChI=1S/C18H22N4O/c1-4-12(3)13-6-8-14(9-7-13)20-11-17-21-16(10-19)15(5-2)18(23)22-17/h5-10,12,19-20H,2,4,11H2,1,3H3,(H,21,22,23). The Hall–Kier alpha value is -2.69. The summed E-state index contributed by atoms with van der Waals surface area (Å²) < 4.78 is 0. The first-order chi connectivity index (χ1) is 11.1. The van der Waals surface area contributed by atoms with Gasteiger partial charge in [0.25, 0.3) is 5.56 Å². The number of nitrogens with one attached hydrogen (secondary N) is 3. The van der Waals surface area contributed by atoms with Crippen molar-refractivity contribution < 1.29 is 0 Å². The Labute approximate surface area is 136 Å². The molecule has 0 aliphatic rings. The van der Waals surface area contributed by atoms with Crippen molar-refractivity contribution in [3.8, 4) is 0 Å². The van der Waals surface area contributed by atoms with Crippen LogP contribution in [0, 0.1) is 5.41 Å². The van der Waals surface area contributed by atoms with Crippen molar-refractivity contribution in [1.82, 2.24) is 9.97 Å². The third-order valence-electron chi connectivity index (χ3n) is 3.93. The molecule has 1 aromatic carbocycles. The Morgan fingerprint density at radius 2 is 2.09 bits per heavy atom. The predicted molar refractivity (Wildman–Crippen MR) is 95.3 cm³/mol. The van der Waals surface area contributed by atoms with Crippen molar-refractivity contribution in [2.75, 3.05) is 5.32 Å². The Morgan fingerprint density at radius 1 is 1.39 bits per heavy atom. The van der Waals surface area contributed by atoms with Crippen molar-refractivity contribution in [2.45, 2.75) is 32.7 Å². The van der Waals surface area contributed by atoms with E-state index >= 15 is 0 Å². The maximum absolute atomic E-state index is 11.9. The SMILES string of the molecule is C=Cc1c(C=N)nc(CNc2ccc(C(C)CC)cc2)[nH]c1=O. The van der Waals surface area contributed by atoms with E-state index in [0.29, 0.717) is 29.5 Å². The van der Waals surface area contributed by atoms with Gasteiger partial charge in [-0.3, -0.25) is 4.79 Å². The number of hydrogen-bond donors (Lipinski definition) is 3. The minimum Gasteiger partial charge on any atom is -0.378 e. The highest BCUT2D eigenvalue weighted by molar-refractivity contribution is 5.80. The van der Waals surface area contributed by atoms with Gasteiger partial charge >= 0.3 is 0 Å². The number of anilines is 1. The van der Waals surface area contributed by atoms with Crippen LogP contribution in [0.3, 0.4) is 0 Å². The topological polar surface area (TPSA) is 81.6 Å². The maximum Gasteiger partial charge on any atom is 0.258 e. The molecule has 0 bridgehead atoms. The van der Waals surface area contributed by atoms with E-state index in [1.165, 1.54) is 11.6 Å². The van der Waals surface area contributed by atoms with Gasteiger partial charge in [0.1, 0.15) is 5.82 Å². The second kappa shape index (κ2) is 7.54. The molecule has 120 valence electrons. The number of rotatable bonds is 7. The van der Waals surface area contributed by atoms with Gasteiger partial charge in [-0.05, 0) is 30.0 Å². The summed E-state index contributed by atoms with van der Waals surface area (Å²) in [5.74, 6) is 1.04. The summed E-state index contributed by atoms with van der Waals surface area (Å²) in [4.78, 5) is 18.9. The molecule has 1 atom stereocenters. The largest absolute Gasteiger partial charge is 0.378 e. The fraction of sp³-hybridized carbons (Fsp3) is 0.278. The van der Waals surface area contributed by atoms with E-state index in [2.05, 4.69) is 47.8 Å². The monoisotopic (exact) mass is 310 g/mol. The van der Waals surface area contributed by atoms with E-state index in [9.17, 15) is 4.79 Å². The van der Waals surface area contributed by atoms with Crippen molar-refractivity contribution >= 4 is 18.0 Å². The smallest absolute Gasteiger partial charge is 0.258 e. The molecule has 2 rings (SSSR count). The van der Waals surface area contributed by atoms with Crippen molar-refractivity contribution in [3.05, 3.63) is 63.8 Å². The Bertz CT molecular complexity index is 747. The van der Waals surface area contributed by atoms with Crippen LogP contribution >= 0.6 is 0 Å². The van der Waals surface area contributed by atoms with Crippen LogP contribution in [-0.4, -0.2) is 16.2 Å². The van der Waals surface area contributed by atoms with Crippen LogP contribution in [0.4, 0.5) is 5.69 Å². The normalized spacial score (nSPS) is 11.7. The Balaban J connectivity index is 2.12. The average molecular weight is 310 g/mol. The predicted octanol–water partition coefficient (Wildman–Crippen LogP) is 3.54. The molecule has 1 heterocycles. The van der Waals surface area contributed by atoms with Crippen LogP contribution in [0.15, 0.2) is 35.6 Å². The lowest BCUT2D eigenvalue weighted by molar-refractivity contribution is 0.733. The molecule has 0 aliphatic carbocycles. The molecule has 5 heteroatoms. The quantitative estimate of drug-likeness (QED) is 0.684. The molecular formula is C18H22N4O.